The van der Waals surface area contributed by atoms with Crippen LogP contribution in [0.4, 0.5) is 5.82 Å². The molecule has 0 radical (unpaired) electrons. The minimum absolute atomic E-state index is 0.0375. The Morgan fingerprint density at radius 1 is 1.42 bits per heavy atom. The third-order valence-electron chi connectivity index (χ3n) is 4.10. The van der Waals surface area contributed by atoms with E-state index < -0.39 is 5.92 Å². The first-order valence-electron chi connectivity index (χ1n) is 7.63. The molecular weight excluding hydrogens is 306 g/mol. The molecule has 122 valence electrons. The molecular formula is C17H17N5O2. The van der Waals surface area contributed by atoms with E-state index in [1.165, 1.54) is 10.9 Å². The smallest absolute Gasteiger partial charge is 0.230 e. The first-order valence-corrected chi connectivity index (χ1v) is 7.63. The molecule has 24 heavy (non-hydrogen) atoms. The SMILES string of the molecule is Cn1ncc(C#N)c1NC(=O)C1CC(=O)N(Cc2ccccc2)C1. The van der Waals surface area contributed by atoms with E-state index in [0.29, 0.717) is 24.5 Å². The molecule has 1 N–H and O–H groups in total. The molecule has 1 aliphatic rings. The number of nitriles is 1. The Bertz CT molecular complexity index is 806. The molecule has 7 nitrogen and oxygen atoms in total. The molecule has 2 aromatic rings. The second-order valence-electron chi connectivity index (χ2n) is 5.79. The molecule has 2 amide bonds. The molecule has 1 aromatic heterocycles. The van der Waals surface area contributed by atoms with Crippen LogP contribution in [0.1, 0.15) is 17.5 Å². The quantitative estimate of drug-likeness (QED) is 0.917. The number of benzene rings is 1. The summed E-state index contributed by atoms with van der Waals surface area (Å²) in [7, 11) is 1.65. The van der Waals surface area contributed by atoms with Gasteiger partial charge in [0.25, 0.3) is 0 Å². The van der Waals surface area contributed by atoms with Gasteiger partial charge in [0.1, 0.15) is 17.5 Å². The van der Waals surface area contributed by atoms with E-state index in [0.717, 1.165) is 5.56 Å². The molecule has 3 rings (SSSR count). The number of rotatable bonds is 4. The molecule has 7 heteroatoms. The average molecular weight is 323 g/mol. The van der Waals surface area contributed by atoms with Crippen molar-refractivity contribution in [3.63, 3.8) is 0 Å². The summed E-state index contributed by atoms with van der Waals surface area (Å²) in [5, 5.41) is 15.7. The molecule has 1 fully saturated rings. The van der Waals surface area contributed by atoms with Crippen LogP contribution in [0.3, 0.4) is 0 Å². The molecule has 1 aliphatic heterocycles. The van der Waals surface area contributed by atoms with Gasteiger partial charge in [0.05, 0.1) is 12.1 Å². The van der Waals surface area contributed by atoms with E-state index in [9.17, 15) is 9.59 Å². The van der Waals surface area contributed by atoms with E-state index in [2.05, 4.69) is 10.4 Å². The minimum atomic E-state index is -0.428. The zero-order valence-corrected chi connectivity index (χ0v) is 13.3. The van der Waals surface area contributed by atoms with E-state index in [1.54, 1.807) is 11.9 Å². The number of aromatic nitrogens is 2. The zero-order valence-electron chi connectivity index (χ0n) is 13.3. The number of hydrogen-bond acceptors (Lipinski definition) is 4. The highest BCUT2D eigenvalue weighted by atomic mass is 16.2. The van der Waals surface area contributed by atoms with Gasteiger partial charge >= 0.3 is 0 Å². The molecule has 1 aromatic carbocycles. The second-order valence-corrected chi connectivity index (χ2v) is 5.79. The Hall–Kier alpha value is -3.14. The number of nitrogens with zero attached hydrogens (tertiary/aromatic N) is 4. The van der Waals surface area contributed by atoms with Crippen molar-refractivity contribution in [2.24, 2.45) is 13.0 Å². The Morgan fingerprint density at radius 3 is 2.88 bits per heavy atom. The summed E-state index contributed by atoms with van der Waals surface area (Å²) < 4.78 is 1.44. The monoisotopic (exact) mass is 323 g/mol. The van der Waals surface area contributed by atoms with Crippen molar-refractivity contribution >= 4 is 17.6 Å². The third-order valence-corrected chi connectivity index (χ3v) is 4.10. The lowest BCUT2D eigenvalue weighted by Gasteiger charge is -2.16. The number of amides is 2. The van der Waals surface area contributed by atoms with Crippen LogP contribution in [0.25, 0.3) is 0 Å². The van der Waals surface area contributed by atoms with Crippen LogP contribution >= 0.6 is 0 Å². The second kappa shape index (κ2) is 6.54. The zero-order chi connectivity index (χ0) is 17.1. The first kappa shape index (κ1) is 15.7. The normalized spacial score (nSPS) is 16.9. The van der Waals surface area contributed by atoms with Gasteiger partial charge in [0.2, 0.25) is 11.8 Å². The number of aryl methyl sites for hydroxylation is 1. The van der Waals surface area contributed by atoms with Gasteiger partial charge < -0.3 is 10.2 Å². The van der Waals surface area contributed by atoms with Crippen LogP contribution < -0.4 is 5.32 Å². The highest BCUT2D eigenvalue weighted by Gasteiger charge is 2.34. The fourth-order valence-corrected chi connectivity index (χ4v) is 2.79. The number of hydrogen-bond donors (Lipinski definition) is 1. The molecule has 0 aliphatic carbocycles. The lowest BCUT2D eigenvalue weighted by molar-refractivity contribution is -0.128. The Balaban J connectivity index is 1.66. The van der Waals surface area contributed by atoms with Crippen molar-refractivity contribution in [3.8, 4) is 6.07 Å². The maximum atomic E-state index is 12.4. The van der Waals surface area contributed by atoms with Gasteiger partial charge in [0.15, 0.2) is 0 Å². The standard InChI is InChI=1S/C17H17N5O2/c1-21-16(14(8-18)9-19-21)20-17(24)13-7-15(23)22(11-13)10-12-5-3-2-4-6-12/h2-6,9,13H,7,10-11H2,1H3,(H,20,24). The third kappa shape index (κ3) is 3.13. The van der Waals surface area contributed by atoms with Crippen LogP contribution in [-0.4, -0.2) is 33.0 Å². The van der Waals surface area contributed by atoms with Gasteiger partial charge in [-0.2, -0.15) is 10.4 Å². The average Bonchev–Trinajstić information content (AvgIpc) is 3.12. The van der Waals surface area contributed by atoms with Gasteiger partial charge in [-0.05, 0) is 5.56 Å². The number of carbonyl (C=O) groups is 2. The lowest BCUT2D eigenvalue weighted by atomic mass is 10.1. The highest BCUT2D eigenvalue weighted by Crippen LogP contribution is 2.22. The number of anilines is 1. The van der Waals surface area contributed by atoms with E-state index in [-0.39, 0.29) is 18.2 Å². The van der Waals surface area contributed by atoms with Gasteiger partial charge in [0, 0.05) is 26.6 Å². The largest absolute Gasteiger partial charge is 0.338 e. The predicted octanol–water partition coefficient (Wildman–Crippen LogP) is 1.28. The maximum absolute atomic E-state index is 12.4. The fourth-order valence-electron chi connectivity index (χ4n) is 2.79. The van der Waals surface area contributed by atoms with Crippen LogP contribution in [0.15, 0.2) is 36.5 Å². The Labute approximate surface area is 139 Å². The van der Waals surface area contributed by atoms with Crippen molar-refractivity contribution < 1.29 is 9.59 Å². The first-order chi connectivity index (χ1) is 11.6. The van der Waals surface area contributed by atoms with E-state index >= 15 is 0 Å². The highest BCUT2D eigenvalue weighted by molar-refractivity contribution is 5.97. The summed E-state index contributed by atoms with van der Waals surface area (Å²) in [6.07, 6.45) is 1.58. The molecule has 1 atom stereocenters. The summed E-state index contributed by atoms with van der Waals surface area (Å²) >= 11 is 0. The summed E-state index contributed by atoms with van der Waals surface area (Å²) in [6.45, 7) is 0.873. The summed E-state index contributed by atoms with van der Waals surface area (Å²) in [4.78, 5) is 26.3. The van der Waals surface area contributed by atoms with Crippen LogP contribution in [0.5, 0.6) is 0 Å². The predicted molar refractivity (Wildman–Crippen MR) is 86.5 cm³/mol. The Kier molecular flexibility index (Phi) is 4.29. The van der Waals surface area contributed by atoms with Crippen molar-refractivity contribution in [1.29, 1.82) is 5.26 Å². The molecule has 1 saturated heterocycles. The molecule has 0 spiro atoms. The topological polar surface area (TPSA) is 91.0 Å². The molecule has 1 unspecified atom stereocenters. The van der Waals surface area contributed by atoms with E-state index in [1.807, 2.05) is 36.4 Å². The van der Waals surface area contributed by atoms with Crippen molar-refractivity contribution in [1.82, 2.24) is 14.7 Å². The Morgan fingerprint density at radius 2 is 2.17 bits per heavy atom. The molecule has 2 heterocycles. The minimum Gasteiger partial charge on any atom is -0.338 e. The summed E-state index contributed by atoms with van der Waals surface area (Å²) in [5.74, 6) is -0.373. The summed E-state index contributed by atoms with van der Waals surface area (Å²) in [6, 6.07) is 11.7. The van der Waals surface area contributed by atoms with E-state index in [4.69, 9.17) is 5.26 Å². The van der Waals surface area contributed by atoms with Crippen LogP contribution in [0.2, 0.25) is 0 Å². The van der Waals surface area contributed by atoms with Gasteiger partial charge in [-0.25, -0.2) is 0 Å². The molecule has 0 saturated carbocycles. The van der Waals surface area contributed by atoms with Crippen LogP contribution in [-0.2, 0) is 23.2 Å². The maximum Gasteiger partial charge on any atom is 0.230 e. The van der Waals surface area contributed by atoms with Crippen molar-refractivity contribution in [2.75, 3.05) is 11.9 Å². The van der Waals surface area contributed by atoms with Crippen molar-refractivity contribution in [2.45, 2.75) is 13.0 Å². The number of nitrogens with one attached hydrogen (secondary N) is 1. The lowest BCUT2D eigenvalue weighted by Crippen LogP contribution is -2.28. The van der Waals surface area contributed by atoms with Gasteiger partial charge in [-0.15, -0.1) is 0 Å². The number of likely N-dealkylation sites (tertiary alicyclic amines) is 1. The molecule has 0 bridgehead atoms. The summed E-state index contributed by atoms with van der Waals surface area (Å²) in [5.41, 5.74) is 1.33. The number of carbonyl (C=O) groups excluding carboxylic acids is 2. The fraction of sp³-hybridized carbons (Fsp3) is 0.294. The van der Waals surface area contributed by atoms with Gasteiger partial charge in [-0.3, -0.25) is 14.3 Å². The van der Waals surface area contributed by atoms with Gasteiger partial charge in [-0.1, -0.05) is 30.3 Å². The van der Waals surface area contributed by atoms with Crippen molar-refractivity contribution in [3.05, 3.63) is 47.7 Å². The van der Waals surface area contributed by atoms with Crippen LogP contribution in [0, 0.1) is 17.2 Å².